The Morgan fingerprint density at radius 1 is 0.387 bits per heavy atom. The van der Waals surface area contributed by atoms with Crippen molar-refractivity contribution >= 4 is 25.7 Å². The zero-order chi connectivity index (χ0) is 43.9. The summed E-state index contributed by atoms with van der Waals surface area (Å²) in [5.74, 6) is -9.87. The van der Waals surface area contributed by atoms with Gasteiger partial charge in [-0.15, -0.1) is 0 Å². The fraction of sp³-hybridized carbons (Fsp3) is 0.118. The zero-order valence-electron chi connectivity index (χ0n) is 33.8. The van der Waals surface area contributed by atoms with E-state index in [9.17, 15) is 14.4 Å². The van der Waals surface area contributed by atoms with Gasteiger partial charge in [0, 0.05) is 54.2 Å². The summed E-state index contributed by atoms with van der Waals surface area (Å²) in [6.07, 6.45) is 2.01. The SMILES string of the molecule is C=CC(=O)OC(Cc1ccccc1)(OP(=O)(OC(Cc1ccccc1)(OC(=O)C=C)c1ccccc1)OC(Cc1ccccc1)(OC(=O)C=C)c1ccccc1)c1ccccc1. The number of benzene rings is 6. The number of carbonyl (C=O) groups excluding carboxylic acids is 3. The van der Waals surface area contributed by atoms with Crippen molar-refractivity contribution in [1.82, 2.24) is 0 Å². The average molecular weight is 849 g/mol. The van der Waals surface area contributed by atoms with E-state index in [1.54, 1.807) is 182 Å². The number of phosphoric ester groups is 1. The van der Waals surface area contributed by atoms with Crippen molar-refractivity contribution in [2.75, 3.05) is 0 Å². The van der Waals surface area contributed by atoms with Crippen molar-refractivity contribution < 1.29 is 46.7 Å². The lowest BCUT2D eigenvalue weighted by Crippen LogP contribution is -2.43. The van der Waals surface area contributed by atoms with Gasteiger partial charge in [0.05, 0.1) is 0 Å². The normalized spacial score (nSPS) is 14.8. The van der Waals surface area contributed by atoms with Crippen LogP contribution in [0.25, 0.3) is 0 Å². The predicted octanol–water partition coefficient (Wildman–Crippen LogP) is 10.6. The quantitative estimate of drug-likeness (QED) is 0.0227. The molecule has 314 valence electrons. The molecule has 0 aliphatic heterocycles. The summed E-state index contributed by atoms with van der Waals surface area (Å²) in [5.41, 5.74) is 2.35. The van der Waals surface area contributed by atoms with E-state index in [0.717, 1.165) is 18.2 Å². The highest BCUT2D eigenvalue weighted by Gasteiger charge is 2.57. The van der Waals surface area contributed by atoms with Gasteiger partial charge in [0.15, 0.2) is 0 Å². The Hall–Kier alpha value is -6.94. The lowest BCUT2D eigenvalue weighted by Gasteiger charge is -2.42. The summed E-state index contributed by atoms with van der Waals surface area (Å²) in [4.78, 5) is 40.8. The third kappa shape index (κ3) is 11.3. The first kappa shape index (κ1) is 44.6. The number of phosphoric acid groups is 1. The second-order valence-electron chi connectivity index (χ2n) is 13.9. The lowest BCUT2D eigenvalue weighted by atomic mass is 9.97. The van der Waals surface area contributed by atoms with Crippen LogP contribution in [0.4, 0.5) is 0 Å². The van der Waals surface area contributed by atoms with Gasteiger partial charge in [-0.3, -0.25) is 0 Å². The molecule has 0 saturated carbocycles. The van der Waals surface area contributed by atoms with Gasteiger partial charge in [0.1, 0.15) is 0 Å². The molecule has 0 aliphatic carbocycles. The molecule has 11 heteroatoms. The highest BCUT2D eigenvalue weighted by molar-refractivity contribution is 7.48. The van der Waals surface area contributed by atoms with Crippen molar-refractivity contribution in [3.05, 3.63) is 253 Å². The molecule has 10 nitrogen and oxygen atoms in total. The third-order valence-electron chi connectivity index (χ3n) is 9.55. The van der Waals surface area contributed by atoms with E-state index in [1.807, 2.05) is 0 Å². The van der Waals surface area contributed by atoms with Crippen molar-refractivity contribution in [2.45, 2.75) is 36.6 Å². The van der Waals surface area contributed by atoms with Crippen LogP contribution in [-0.4, -0.2) is 17.9 Å². The van der Waals surface area contributed by atoms with Gasteiger partial charge in [-0.2, -0.15) is 0 Å². The van der Waals surface area contributed by atoms with Crippen LogP contribution in [0.3, 0.4) is 0 Å². The molecule has 62 heavy (non-hydrogen) atoms. The number of hydrogen-bond donors (Lipinski definition) is 0. The summed E-state index contributed by atoms with van der Waals surface area (Å²) in [6.45, 7) is 10.9. The molecular formula is C51H45O10P. The molecule has 6 aromatic rings. The Morgan fingerprint density at radius 3 is 0.806 bits per heavy atom. The van der Waals surface area contributed by atoms with E-state index >= 15 is 4.57 Å². The van der Waals surface area contributed by atoms with Crippen LogP contribution in [0.15, 0.2) is 220 Å². The zero-order valence-corrected chi connectivity index (χ0v) is 34.7. The smallest absolute Gasteiger partial charge is 0.424 e. The molecule has 0 amide bonds. The molecule has 0 aromatic heterocycles. The number of ether oxygens (including phenoxy) is 3. The van der Waals surface area contributed by atoms with E-state index in [0.29, 0.717) is 16.7 Å². The predicted molar refractivity (Wildman–Crippen MR) is 235 cm³/mol. The van der Waals surface area contributed by atoms with Crippen molar-refractivity contribution in [1.29, 1.82) is 0 Å². The maximum absolute atomic E-state index is 16.8. The first-order valence-electron chi connectivity index (χ1n) is 19.6. The van der Waals surface area contributed by atoms with Gasteiger partial charge in [-0.1, -0.05) is 202 Å². The molecule has 3 atom stereocenters. The molecule has 0 N–H and O–H groups in total. The lowest BCUT2D eigenvalue weighted by molar-refractivity contribution is -0.249. The first-order valence-corrected chi connectivity index (χ1v) is 21.1. The molecule has 6 aromatic carbocycles. The minimum absolute atomic E-state index is 0.208. The van der Waals surface area contributed by atoms with Gasteiger partial charge >= 0.3 is 25.7 Å². The van der Waals surface area contributed by atoms with Crippen LogP contribution in [0, 0.1) is 0 Å². The Labute approximate surface area is 361 Å². The van der Waals surface area contributed by atoms with Crippen LogP contribution in [0.1, 0.15) is 33.4 Å². The van der Waals surface area contributed by atoms with Gasteiger partial charge in [0.25, 0.3) is 17.4 Å². The Balaban J connectivity index is 1.70. The van der Waals surface area contributed by atoms with E-state index in [-0.39, 0.29) is 36.0 Å². The Morgan fingerprint density at radius 2 is 0.597 bits per heavy atom. The number of esters is 3. The van der Waals surface area contributed by atoms with E-state index in [2.05, 4.69) is 19.7 Å². The monoisotopic (exact) mass is 848 g/mol. The van der Waals surface area contributed by atoms with Crippen LogP contribution in [0.5, 0.6) is 0 Å². The largest absolute Gasteiger partial charge is 0.485 e. The summed E-state index contributed by atoms with van der Waals surface area (Å²) >= 11 is 0. The van der Waals surface area contributed by atoms with E-state index in [1.165, 1.54) is 0 Å². The molecule has 0 heterocycles. The van der Waals surface area contributed by atoms with Crippen LogP contribution < -0.4 is 0 Å². The second-order valence-corrected chi connectivity index (χ2v) is 15.4. The van der Waals surface area contributed by atoms with Gasteiger partial charge < -0.3 is 14.2 Å². The van der Waals surface area contributed by atoms with Crippen LogP contribution >= 0.6 is 7.82 Å². The average Bonchev–Trinajstić information content (AvgIpc) is 3.30. The molecule has 0 bridgehead atoms. The van der Waals surface area contributed by atoms with Gasteiger partial charge in [-0.25, -0.2) is 32.5 Å². The highest BCUT2D eigenvalue weighted by Crippen LogP contribution is 2.64. The summed E-state index contributed by atoms with van der Waals surface area (Å²) in [6, 6.07) is 51.6. The number of rotatable bonds is 21. The van der Waals surface area contributed by atoms with Crippen molar-refractivity contribution in [3.8, 4) is 0 Å². The summed E-state index contributed by atoms with van der Waals surface area (Å²) in [7, 11) is -5.63. The first-order chi connectivity index (χ1) is 30.0. The molecular weight excluding hydrogens is 804 g/mol. The van der Waals surface area contributed by atoms with Crippen molar-refractivity contribution in [2.24, 2.45) is 0 Å². The van der Waals surface area contributed by atoms with Crippen LogP contribution in [0.2, 0.25) is 0 Å². The summed E-state index contributed by atoms with van der Waals surface area (Å²) < 4.78 is 55.9. The number of carbonyl (C=O) groups is 3. The van der Waals surface area contributed by atoms with E-state index in [4.69, 9.17) is 27.8 Å². The minimum Gasteiger partial charge on any atom is -0.424 e. The molecule has 0 fully saturated rings. The van der Waals surface area contributed by atoms with E-state index < -0.39 is 43.1 Å². The Bertz CT molecular complexity index is 2210. The fourth-order valence-corrected chi connectivity index (χ4v) is 8.60. The maximum Gasteiger partial charge on any atom is 0.485 e. The summed E-state index contributed by atoms with van der Waals surface area (Å²) in [5, 5.41) is 0. The highest BCUT2D eigenvalue weighted by atomic mass is 31.2. The van der Waals surface area contributed by atoms with Gasteiger partial charge in [-0.05, 0) is 16.7 Å². The third-order valence-corrected chi connectivity index (χ3v) is 11.1. The minimum atomic E-state index is -5.63. The molecule has 0 saturated heterocycles. The fourth-order valence-electron chi connectivity index (χ4n) is 6.78. The van der Waals surface area contributed by atoms with Gasteiger partial charge in [0.2, 0.25) is 0 Å². The molecule has 0 spiro atoms. The number of hydrogen-bond acceptors (Lipinski definition) is 10. The molecule has 0 radical (unpaired) electrons. The van der Waals surface area contributed by atoms with Crippen molar-refractivity contribution in [3.63, 3.8) is 0 Å². The molecule has 6 rings (SSSR count). The topological polar surface area (TPSA) is 124 Å². The molecule has 0 aliphatic rings. The standard InChI is InChI=1S/C51H45O10P/c1-4-46(52)56-49(43-31-19-10-20-32-43,37-40-25-13-7-14-26-40)59-62(55,60-50(57-47(53)5-2,44-33-21-11-22-34-44)38-41-27-15-8-16-28-41)61-51(58-48(54)6-3,45-35-23-12-24-36-45)39-42-29-17-9-18-30-42/h4-36H,1-3,37-39H2. The maximum atomic E-state index is 16.8. The second kappa shape index (κ2) is 20.5. The van der Waals surface area contributed by atoms with Crippen LogP contribution in [-0.2, 0) is 83.4 Å². The molecule has 3 unspecified atom stereocenters. The Kier molecular flexibility index (Phi) is 14.8.